The monoisotopic (exact) mass is 582 g/mol. The van der Waals surface area contributed by atoms with Gasteiger partial charge in [-0.05, 0) is 37.6 Å². The number of hydrogen-bond acceptors (Lipinski definition) is 11. The molecule has 1 aromatic carbocycles. The molecule has 3 heterocycles. The van der Waals surface area contributed by atoms with Gasteiger partial charge in [-0.2, -0.15) is 9.82 Å². The quantitative estimate of drug-likeness (QED) is 0.125. The van der Waals surface area contributed by atoms with E-state index in [4.69, 9.17) is 17.0 Å². The number of aliphatic hydroxyl groups excluding tert-OH is 1. The topological polar surface area (TPSA) is 129 Å². The molecule has 1 fully saturated rings. The highest BCUT2D eigenvalue weighted by Crippen LogP contribution is 2.36. The molecule has 2 aliphatic heterocycles. The van der Waals surface area contributed by atoms with Crippen LogP contribution in [-0.4, -0.2) is 97.2 Å². The van der Waals surface area contributed by atoms with E-state index in [9.17, 15) is 5.11 Å². The van der Waals surface area contributed by atoms with E-state index in [1.54, 1.807) is 7.11 Å². The number of rotatable bonds is 17. The number of hydrogen-bond donors (Lipinski definition) is 4. The third-order valence-electron chi connectivity index (χ3n) is 7.90. The minimum atomic E-state index is -0.758. The fraction of sp³-hybridized carbons (Fsp3) is 0.633. The van der Waals surface area contributed by atoms with Gasteiger partial charge in [-0.1, -0.05) is 31.9 Å². The van der Waals surface area contributed by atoms with Crippen molar-refractivity contribution in [2.45, 2.75) is 58.3 Å². The number of ether oxygens (including phenoxy) is 1. The number of aliphatic hydroxyl groups is 1. The van der Waals surface area contributed by atoms with Gasteiger partial charge in [0.25, 0.3) is 0 Å². The van der Waals surface area contributed by atoms with Crippen LogP contribution in [0.1, 0.15) is 49.4 Å². The maximum Gasteiger partial charge on any atom is 0.335 e. The van der Waals surface area contributed by atoms with E-state index in [0.717, 1.165) is 107 Å². The number of fused-ring (bicyclic) bond motifs is 1. The van der Waals surface area contributed by atoms with Gasteiger partial charge in [0.05, 0.1) is 12.8 Å². The minimum Gasteiger partial charge on any atom is -0.496 e. The van der Waals surface area contributed by atoms with Gasteiger partial charge in [-0.15, -0.1) is 0 Å². The van der Waals surface area contributed by atoms with E-state index in [1.165, 1.54) is 18.4 Å². The van der Waals surface area contributed by atoms with Crippen LogP contribution >= 0.6 is 0 Å². The lowest BCUT2D eigenvalue weighted by Gasteiger charge is -2.35. The van der Waals surface area contributed by atoms with Crippen molar-refractivity contribution < 1.29 is 14.7 Å². The van der Waals surface area contributed by atoms with Crippen LogP contribution in [0.4, 0.5) is 17.5 Å². The van der Waals surface area contributed by atoms with E-state index in [-0.39, 0.29) is 6.61 Å². The number of piperazine rings is 1. The molecule has 2 aliphatic rings. The van der Waals surface area contributed by atoms with Gasteiger partial charge in [0.1, 0.15) is 17.7 Å². The molecule has 5 N–H and O–H groups in total. The molecule has 0 amide bonds. The first-order valence-corrected chi connectivity index (χ1v) is 15.2. The summed E-state index contributed by atoms with van der Waals surface area (Å²) >= 11 is 0. The van der Waals surface area contributed by atoms with E-state index in [0.29, 0.717) is 12.5 Å². The van der Waals surface area contributed by atoms with Crippen LogP contribution in [0, 0.1) is 6.57 Å². The molecular weight excluding hydrogens is 534 g/mol. The van der Waals surface area contributed by atoms with Crippen molar-refractivity contribution in [3.05, 3.63) is 40.0 Å². The highest BCUT2D eigenvalue weighted by molar-refractivity contribution is 5.72. The molecule has 4 rings (SSSR count). The molecule has 1 aromatic heterocycles. The second-order valence-corrected chi connectivity index (χ2v) is 11.0. The van der Waals surface area contributed by atoms with Gasteiger partial charge >= 0.3 is 6.57 Å². The fourth-order valence-corrected chi connectivity index (χ4v) is 5.64. The van der Waals surface area contributed by atoms with Gasteiger partial charge in [0.15, 0.2) is 5.82 Å². The Balaban J connectivity index is 1.27. The molecule has 0 spiro atoms. The lowest BCUT2D eigenvalue weighted by Crippen LogP contribution is -2.46. The van der Waals surface area contributed by atoms with Crippen molar-refractivity contribution in [2.75, 3.05) is 82.0 Å². The summed E-state index contributed by atoms with van der Waals surface area (Å²) in [4.78, 5) is 21.0. The van der Waals surface area contributed by atoms with Crippen LogP contribution in [0.2, 0.25) is 0 Å². The molecule has 0 radical (unpaired) electrons. The summed E-state index contributed by atoms with van der Waals surface area (Å²) < 4.78 is 5.86. The Hall–Kier alpha value is -3.37. The summed E-state index contributed by atoms with van der Waals surface area (Å²) in [5.41, 5.74) is 10.5. The van der Waals surface area contributed by atoms with Crippen molar-refractivity contribution in [2.24, 2.45) is 0 Å². The Morgan fingerprint density at radius 1 is 1.07 bits per heavy atom. The number of benzene rings is 1. The number of nitrogens with one attached hydrogen (secondary N) is 2. The first-order chi connectivity index (χ1) is 20.5. The number of nitrogens with two attached hydrogens (primary N) is 1. The van der Waals surface area contributed by atoms with Gasteiger partial charge in [0.2, 0.25) is 17.6 Å². The average Bonchev–Trinajstić information content (AvgIpc) is 3.40. The molecule has 1 atom stereocenters. The number of aromatic nitrogens is 2. The van der Waals surface area contributed by atoms with Crippen molar-refractivity contribution in [3.63, 3.8) is 0 Å². The maximum absolute atomic E-state index is 9.73. The lowest BCUT2D eigenvalue weighted by molar-refractivity contribution is 0.0559. The lowest BCUT2D eigenvalue weighted by atomic mass is 10.1. The SMILES string of the molecule is C#[N+]OCC(O)NCCCN1CCN(Cc2ccc(CN3CCc4nc(N)nc(NCCCCC)c43)c(OC)c2)CC1. The van der Waals surface area contributed by atoms with Crippen molar-refractivity contribution in [1.82, 2.24) is 25.1 Å². The van der Waals surface area contributed by atoms with Crippen LogP contribution in [0.15, 0.2) is 18.2 Å². The van der Waals surface area contributed by atoms with E-state index in [2.05, 4.69) is 70.3 Å². The number of anilines is 3. The van der Waals surface area contributed by atoms with Crippen LogP contribution in [0.5, 0.6) is 5.75 Å². The van der Waals surface area contributed by atoms with E-state index >= 15 is 0 Å². The number of unbranched alkanes of at least 4 members (excludes halogenated alkanes) is 2. The Labute approximate surface area is 250 Å². The number of methoxy groups -OCH3 is 1. The summed E-state index contributed by atoms with van der Waals surface area (Å²) in [5, 5.41) is 19.3. The predicted octanol–water partition coefficient (Wildman–Crippen LogP) is 2.54. The first-order valence-electron chi connectivity index (χ1n) is 15.2. The predicted molar refractivity (Wildman–Crippen MR) is 167 cm³/mol. The molecule has 0 aliphatic carbocycles. The normalized spacial score (nSPS) is 16.2. The Bertz CT molecular complexity index is 1170. The van der Waals surface area contributed by atoms with E-state index < -0.39 is 6.23 Å². The second kappa shape index (κ2) is 16.3. The summed E-state index contributed by atoms with van der Waals surface area (Å²) in [6.07, 6.45) is 4.52. The average molecular weight is 583 g/mol. The zero-order valence-electron chi connectivity index (χ0n) is 25.2. The Morgan fingerprint density at radius 3 is 2.64 bits per heavy atom. The zero-order valence-corrected chi connectivity index (χ0v) is 25.2. The first kappa shape index (κ1) is 31.6. The highest BCUT2D eigenvalue weighted by Gasteiger charge is 2.27. The fourth-order valence-electron chi connectivity index (χ4n) is 5.64. The number of nitrogens with zero attached hydrogens (tertiary/aromatic N) is 6. The molecule has 2 aromatic rings. The van der Waals surface area contributed by atoms with Gasteiger partial charge < -0.3 is 30.7 Å². The largest absolute Gasteiger partial charge is 0.496 e. The molecule has 1 unspecified atom stereocenters. The smallest absolute Gasteiger partial charge is 0.335 e. The van der Waals surface area contributed by atoms with Crippen molar-refractivity contribution >= 4 is 17.5 Å². The molecular formula is C30H48N9O3+. The van der Waals surface area contributed by atoms with Gasteiger partial charge in [0, 0.05) is 64.3 Å². The second-order valence-electron chi connectivity index (χ2n) is 11.0. The number of nitrogen functional groups attached to an aromatic ring is 1. The van der Waals surface area contributed by atoms with Crippen LogP contribution < -0.4 is 26.0 Å². The summed E-state index contributed by atoms with van der Waals surface area (Å²) in [5.74, 6) is 2.08. The Morgan fingerprint density at radius 2 is 1.88 bits per heavy atom. The summed E-state index contributed by atoms with van der Waals surface area (Å²) in [6, 6.07) is 6.60. The third-order valence-corrected chi connectivity index (χ3v) is 7.90. The maximum atomic E-state index is 9.73. The summed E-state index contributed by atoms with van der Waals surface area (Å²) in [7, 11) is 1.75. The van der Waals surface area contributed by atoms with Crippen molar-refractivity contribution in [1.29, 1.82) is 0 Å². The molecule has 0 saturated carbocycles. The van der Waals surface area contributed by atoms with Gasteiger partial charge in [-0.25, -0.2) is 4.98 Å². The van der Waals surface area contributed by atoms with Crippen molar-refractivity contribution in [3.8, 4) is 12.3 Å². The van der Waals surface area contributed by atoms with Crippen LogP contribution in [0.3, 0.4) is 0 Å². The third kappa shape index (κ3) is 9.06. The van der Waals surface area contributed by atoms with Gasteiger partial charge in [-0.3, -0.25) is 10.2 Å². The Kier molecular flexibility index (Phi) is 12.3. The van der Waals surface area contributed by atoms with Crippen LogP contribution in [0.25, 0.3) is 5.01 Å². The highest BCUT2D eigenvalue weighted by atomic mass is 16.6. The minimum absolute atomic E-state index is 0.0509. The zero-order chi connectivity index (χ0) is 29.7. The molecule has 42 heavy (non-hydrogen) atoms. The van der Waals surface area contributed by atoms with E-state index in [1.807, 2.05) is 0 Å². The molecule has 12 heteroatoms. The molecule has 12 nitrogen and oxygen atoms in total. The summed E-state index contributed by atoms with van der Waals surface area (Å²) in [6.45, 7) is 16.4. The standard InChI is InChI=1S/C30H48N9O3/c1-4-5-6-11-34-29-28-25(35-30(31)36-29)10-14-39(28)21-24-9-8-23(19-26(24)41-3)20-38-17-15-37(16-18-38)13-7-12-33-27(40)22-42-32-2/h2,8-9,19,27,33,40H,4-7,10-18,20-22H2,1,3H3,(H3,31,34,35,36)/q+1. The molecule has 230 valence electrons. The van der Waals surface area contributed by atoms with Crippen LogP contribution in [-0.2, 0) is 24.3 Å². The molecule has 0 bridgehead atoms. The molecule has 1 saturated heterocycles.